The van der Waals surface area contributed by atoms with E-state index < -0.39 is 18.5 Å². The molecule has 2 amide bonds. The fourth-order valence-corrected chi connectivity index (χ4v) is 2.45. The predicted octanol–water partition coefficient (Wildman–Crippen LogP) is 2.40. The highest BCUT2D eigenvalue weighted by molar-refractivity contribution is 5.96. The number of amides is 2. The van der Waals surface area contributed by atoms with Gasteiger partial charge < -0.3 is 15.4 Å². The summed E-state index contributed by atoms with van der Waals surface area (Å²) >= 11 is 0. The molecule has 0 aliphatic carbocycles. The molecule has 0 bridgehead atoms. The number of rotatable bonds is 8. The number of hydrogen-bond donors (Lipinski definition) is 2. The van der Waals surface area contributed by atoms with Crippen LogP contribution in [-0.2, 0) is 20.7 Å². The maximum Gasteiger partial charge on any atom is 0.325 e. The molecule has 27 heavy (non-hydrogen) atoms. The van der Waals surface area contributed by atoms with Crippen molar-refractivity contribution < 1.29 is 19.1 Å². The van der Waals surface area contributed by atoms with Crippen LogP contribution >= 0.6 is 0 Å². The second-order valence-corrected chi connectivity index (χ2v) is 6.09. The SMILES string of the molecule is CCc1ccc([C@H](C)NC(=O)COC(=O)CNC(=O)c2ccccc2)cc1. The second kappa shape index (κ2) is 10.1. The Morgan fingerprint density at radius 2 is 1.67 bits per heavy atom. The van der Waals surface area contributed by atoms with E-state index in [9.17, 15) is 14.4 Å². The smallest absolute Gasteiger partial charge is 0.325 e. The van der Waals surface area contributed by atoms with Crippen molar-refractivity contribution in [3.63, 3.8) is 0 Å². The normalized spacial score (nSPS) is 11.3. The van der Waals surface area contributed by atoms with Crippen molar-refractivity contribution in [3.8, 4) is 0 Å². The Labute approximate surface area is 158 Å². The number of nitrogens with one attached hydrogen (secondary N) is 2. The van der Waals surface area contributed by atoms with E-state index in [0.29, 0.717) is 5.56 Å². The topological polar surface area (TPSA) is 84.5 Å². The molecule has 0 heterocycles. The van der Waals surface area contributed by atoms with Crippen molar-refractivity contribution in [3.05, 3.63) is 71.3 Å². The summed E-state index contributed by atoms with van der Waals surface area (Å²) in [6.07, 6.45) is 0.956. The van der Waals surface area contributed by atoms with Crippen LogP contribution in [0.15, 0.2) is 54.6 Å². The first-order valence-electron chi connectivity index (χ1n) is 8.86. The predicted molar refractivity (Wildman–Crippen MR) is 102 cm³/mol. The van der Waals surface area contributed by atoms with E-state index in [1.54, 1.807) is 30.3 Å². The second-order valence-electron chi connectivity index (χ2n) is 6.09. The third-order valence-corrected chi connectivity index (χ3v) is 4.06. The first kappa shape index (κ1) is 20.2. The minimum Gasteiger partial charge on any atom is -0.454 e. The zero-order valence-corrected chi connectivity index (χ0v) is 15.5. The lowest BCUT2D eigenvalue weighted by Gasteiger charge is -2.15. The highest BCUT2D eigenvalue weighted by Crippen LogP contribution is 2.13. The largest absolute Gasteiger partial charge is 0.454 e. The summed E-state index contributed by atoms with van der Waals surface area (Å²) in [5, 5.41) is 5.23. The number of esters is 1. The number of hydrogen-bond acceptors (Lipinski definition) is 4. The van der Waals surface area contributed by atoms with Crippen LogP contribution < -0.4 is 10.6 Å². The van der Waals surface area contributed by atoms with E-state index in [1.807, 2.05) is 31.2 Å². The first-order chi connectivity index (χ1) is 13.0. The molecule has 0 aliphatic rings. The number of carbonyl (C=O) groups excluding carboxylic acids is 3. The van der Waals surface area contributed by atoms with Crippen molar-refractivity contribution in [1.82, 2.24) is 10.6 Å². The van der Waals surface area contributed by atoms with Crippen molar-refractivity contribution in [1.29, 1.82) is 0 Å². The van der Waals surface area contributed by atoms with E-state index in [0.717, 1.165) is 12.0 Å². The highest BCUT2D eigenvalue weighted by atomic mass is 16.5. The zero-order chi connectivity index (χ0) is 19.6. The van der Waals surface area contributed by atoms with Crippen LogP contribution in [0.1, 0.15) is 41.4 Å². The van der Waals surface area contributed by atoms with Gasteiger partial charge in [0.2, 0.25) is 0 Å². The van der Waals surface area contributed by atoms with Crippen LogP contribution in [0, 0.1) is 0 Å². The van der Waals surface area contributed by atoms with Crippen molar-refractivity contribution in [2.24, 2.45) is 0 Å². The van der Waals surface area contributed by atoms with Gasteiger partial charge in [0.05, 0.1) is 6.04 Å². The molecule has 0 radical (unpaired) electrons. The van der Waals surface area contributed by atoms with E-state index in [4.69, 9.17) is 4.74 Å². The fourth-order valence-electron chi connectivity index (χ4n) is 2.45. The van der Waals surface area contributed by atoms with Gasteiger partial charge in [-0.2, -0.15) is 0 Å². The number of ether oxygens (including phenoxy) is 1. The number of carbonyl (C=O) groups is 3. The monoisotopic (exact) mass is 368 g/mol. The fraction of sp³-hybridized carbons (Fsp3) is 0.286. The van der Waals surface area contributed by atoms with Gasteiger partial charge in [0.1, 0.15) is 6.54 Å². The van der Waals surface area contributed by atoms with Gasteiger partial charge in [-0.3, -0.25) is 14.4 Å². The Morgan fingerprint density at radius 1 is 1.00 bits per heavy atom. The average molecular weight is 368 g/mol. The van der Waals surface area contributed by atoms with Gasteiger partial charge in [0.25, 0.3) is 11.8 Å². The molecule has 0 fully saturated rings. The maximum absolute atomic E-state index is 11.9. The molecule has 6 heteroatoms. The molecule has 0 saturated heterocycles. The van der Waals surface area contributed by atoms with Gasteiger partial charge in [0, 0.05) is 5.56 Å². The van der Waals surface area contributed by atoms with E-state index >= 15 is 0 Å². The summed E-state index contributed by atoms with van der Waals surface area (Å²) in [5.41, 5.74) is 2.65. The Morgan fingerprint density at radius 3 is 2.30 bits per heavy atom. The lowest BCUT2D eigenvalue weighted by atomic mass is 10.1. The Kier molecular flexibility index (Phi) is 7.55. The van der Waals surface area contributed by atoms with Crippen molar-refractivity contribution >= 4 is 17.8 Å². The Balaban J connectivity index is 1.71. The summed E-state index contributed by atoms with van der Waals surface area (Å²) < 4.78 is 4.90. The minimum absolute atomic E-state index is 0.195. The zero-order valence-electron chi connectivity index (χ0n) is 15.5. The van der Waals surface area contributed by atoms with Crippen LogP contribution in [-0.4, -0.2) is 30.9 Å². The van der Waals surface area contributed by atoms with Gasteiger partial charge in [-0.15, -0.1) is 0 Å². The molecule has 142 valence electrons. The molecule has 0 spiro atoms. The van der Waals surface area contributed by atoms with Crippen LogP contribution in [0.2, 0.25) is 0 Å². The van der Waals surface area contributed by atoms with Crippen molar-refractivity contribution in [2.45, 2.75) is 26.3 Å². The van der Waals surface area contributed by atoms with E-state index in [1.165, 1.54) is 5.56 Å². The van der Waals surface area contributed by atoms with Gasteiger partial charge in [-0.25, -0.2) is 0 Å². The van der Waals surface area contributed by atoms with Crippen LogP contribution in [0.3, 0.4) is 0 Å². The van der Waals surface area contributed by atoms with Crippen LogP contribution in [0.4, 0.5) is 0 Å². The minimum atomic E-state index is -0.672. The molecule has 0 saturated carbocycles. The molecule has 0 aromatic heterocycles. The first-order valence-corrected chi connectivity index (χ1v) is 8.86. The third-order valence-electron chi connectivity index (χ3n) is 4.06. The van der Waals surface area contributed by atoms with Gasteiger partial charge >= 0.3 is 5.97 Å². The Hall–Kier alpha value is -3.15. The quantitative estimate of drug-likeness (QED) is 0.701. The molecule has 6 nitrogen and oxygen atoms in total. The van der Waals surface area contributed by atoms with E-state index in [-0.39, 0.29) is 18.5 Å². The maximum atomic E-state index is 11.9. The summed E-state index contributed by atoms with van der Waals surface area (Å²) in [6, 6.07) is 16.3. The lowest BCUT2D eigenvalue weighted by molar-refractivity contribution is -0.147. The molecule has 2 N–H and O–H groups in total. The van der Waals surface area contributed by atoms with Gasteiger partial charge in [-0.1, -0.05) is 49.4 Å². The Bertz CT molecular complexity index is 773. The number of aryl methyl sites for hydroxylation is 1. The van der Waals surface area contributed by atoms with Gasteiger partial charge in [0.15, 0.2) is 6.61 Å². The van der Waals surface area contributed by atoms with Crippen LogP contribution in [0.5, 0.6) is 0 Å². The molecule has 2 aromatic carbocycles. The summed E-state index contributed by atoms with van der Waals surface area (Å²) in [7, 11) is 0. The summed E-state index contributed by atoms with van der Waals surface area (Å²) in [5.74, 6) is -1.44. The van der Waals surface area contributed by atoms with Crippen molar-refractivity contribution in [2.75, 3.05) is 13.2 Å². The molecule has 1 atom stereocenters. The summed E-state index contributed by atoms with van der Waals surface area (Å²) in [6.45, 7) is 3.25. The average Bonchev–Trinajstić information content (AvgIpc) is 2.71. The molecule has 0 unspecified atom stereocenters. The summed E-state index contributed by atoms with van der Waals surface area (Å²) in [4.78, 5) is 35.5. The molecule has 0 aliphatic heterocycles. The molecular weight excluding hydrogens is 344 g/mol. The van der Waals surface area contributed by atoms with Gasteiger partial charge in [-0.05, 0) is 36.6 Å². The standard InChI is InChI=1S/C21H24N2O4/c1-3-16-9-11-17(12-10-16)15(2)23-19(24)14-27-20(25)13-22-21(26)18-7-5-4-6-8-18/h4-12,15H,3,13-14H2,1-2H3,(H,22,26)(H,23,24)/t15-/m0/s1. The lowest BCUT2D eigenvalue weighted by Crippen LogP contribution is -2.34. The molecule has 2 rings (SSSR count). The molecular formula is C21H24N2O4. The third kappa shape index (κ3) is 6.58. The highest BCUT2D eigenvalue weighted by Gasteiger charge is 2.13. The molecule has 2 aromatic rings. The number of benzene rings is 2. The van der Waals surface area contributed by atoms with Crippen LogP contribution in [0.25, 0.3) is 0 Å². The van der Waals surface area contributed by atoms with E-state index in [2.05, 4.69) is 17.6 Å².